The van der Waals surface area contributed by atoms with Crippen LogP contribution in [0.5, 0.6) is 0 Å². The van der Waals surface area contributed by atoms with Crippen LogP contribution in [0, 0.1) is 24.4 Å². The lowest BCUT2D eigenvalue weighted by Gasteiger charge is -2.22. The second-order valence-corrected chi connectivity index (χ2v) is 9.93. The number of rotatable bonds is 8. The van der Waals surface area contributed by atoms with Crippen LogP contribution < -0.4 is 5.32 Å². The summed E-state index contributed by atoms with van der Waals surface area (Å²) in [5.74, 6) is -1.44. The van der Waals surface area contributed by atoms with Crippen LogP contribution >= 0.6 is 0 Å². The van der Waals surface area contributed by atoms with Gasteiger partial charge in [0.05, 0.1) is 18.2 Å². The smallest absolute Gasteiger partial charge is 0.247 e. The Balaban J connectivity index is 1.36. The highest BCUT2D eigenvalue weighted by molar-refractivity contribution is 5.89. The molecule has 2 N–H and O–H groups in total. The molecule has 42 heavy (non-hydrogen) atoms. The Hall–Kier alpha value is -5.25. The molecule has 210 valence electrons. The summed E-state index contributed by atoms with van der Waals surface area (Å²) in [6.07, 6.45) is 3.27. The quantitative estimate of drug-likeness (QED) is 0.215. The summed E-state index contributed by atoms with van der Waals surface area (Å²) in [6, 6.07) is 17.9. The Morgan fingerprint density at radius 1 is 0.929 bits per heavy atom. The summed E-state index contributed by atoms with van der Waals surface area (Å²) in [6.45, 7) is 1.70. The molecule has 3 heterocycles. The molecule has 0 unspecified atom stereocenters. The van der Waals surface area contributed by atoms with E-state index in [1.165, 1.54) is 24.3 Å². The summed E-state index contributed by atoms with van der Waals surface area (Å²) in [5, 5.41) is 11.6. The summed E-state index contributed by atoms with van der Waals surface area (Å²) in [7, 11) is 0. The first kappa shape index (κ1) is 26.9. The zero-order valence-electron chi connectivity index (χ0n) is 22.4. The van der Waals surface area contributed by atoms with Crippen molar-refractivity contribution in [1.29, 1.82) is 0 Å². The number of hydrogen-bond acceptors (Lipinski definition) is 5. The predicted molar refractivity (Wildman–Crippen MR) is 151 cm³/mol. The molecule has 0 aliphatic heterocycles. The van der Waals surface area contributed by atoms with Crippen LogP contribution in [0.25, 0.3) is 33.5 Å². The minimum Gasteiger partial charge on any atom is -0.421 e. The largest absolute Gasteiger partial charge is 0.421 e. The van der Waals surface area contributed by atoms with Crippen molar-refractivity contribution in [3.8, 4) is 22.6 Å². The molecule has 3 aromatic carbocycles. The number of aromatic amines is 1. The van der Waals surface area contributed by atoms with E-state index in [9.17, 15) is 18.0 Å². The second kappa shape index (κ2) is 11.3. The molecule has 7 nitrogen and oxygen atoms in total. The van der Waals surface area contributed by atoms with E-state index < -0.39 is 23.5 Å². The molecule has 10 heteroatoms. The molecule has 0 spiro atoms. The number of nitrogens with one attached hydrogen (secondary N) is 2. The van der Waals surface area contributed by atoms with Gasteiger partial charge in [-0.25, -0.2) is 13.2 Å². The van der Waals surface area contributed by atoms with E-state index in [1.54, 1.807) is 31.5 Å². The molecule has 6 rings (SSSR count). The van der Waals surface area contributed by atoms with Crippen molar-refractivity contribution in [3.05, 3.63) is 125 Å². The number of fused-ring (bicyclic) bond motifs is 1. The topological polar surface area (TPSA) is 96.7 Å². The molecule has 0 fully saturated rings. The first-order valence-corrected chi connectivity index (χ1v) is 13.2. The zero-order valence-corrected chi connectivity index (χ0v) is 22.4. The van der Waals surface area contributed by atoms with E-state index in [0.717, 1.165) is 11.6 Å². The SMILES string of the molecule is Cc1nnc(-c2cccc(-c3cccnc3[C@H](Cc3cc(F)cc(F)c3)NC(=O)Cc3c[nH]c4ccc(F)cc34)c2)o1. The van der Waals surface area contributed by atoms with Crippen molar-refractivity contribution in [3.63, 3.8) is 0 Å². The number of aromatic nitrogens is 4. The number of carbonyl (C=O) groups excluding carboxylic acids is 1. The standard InChI is InChI=1S/C32H24F3N5O2/c1-18-39-40-32(42-18)21-5-2-4-20(13-21)26-6-3-9-36-31(26)29(12-19-10-24(34)15-25(35)11-19)38-30(41)14-22-17-37-28-8-7-23(33)16-27(22)28/h2-11,13,15-17,29,37H,12,14H2,1H3,(H,38,41)/t29-/m0/s1. The van der Waals surface area contributed by atoms with Crippen molar-refractivity contribution >= 4 is 16.8 Å². The van der Waals surface area contributed by atoms with Crippen LogP contribution in [0.3, 0.4) is 0 Å². The van der Waals surface area contributed by atoms with Gasteiger partial charge in [0.25, 0.3) is 0 Å². The first-order valence-electron chi connectivity index (χ1n) is 13.2. The van der Waals surface area contributed by atoms with Crippen LogP contribution in [-0.4, -0.2) is 26.1 Å². The molecule has 0 saturated carbocycles. The Labute approximate surface area is 238 Å². The van der Waals surface area contributed by atoms with Gasteiger partial charge in [-0.1, -0.05) is 18.2 Å². The molecular formula is C32H24F3N5O2. The van der Waals surface area contributed by atoms with E-state index in [2.05, 4.69) is 25.5 Å². The third kappa shape index (κ3) is 5.78. The van der Waals surface area contributed by atoms with E-state index in [1.807, 2.05) is 30.3 Å². The monoisotopic (exact) mass is 567 g/mol. The van der Waals surface area contributed by atoms with Gasteiger partial charge in [0, 0.05) is 47.4 Å². The number of H-pyrrole nitrogens is 1. The van der Waals surface area contributed by atoms with Crippen molar-refractivity contribution < 1.29 is 22.4 Å². The van der Waals surface area contributed by atoms with Crippen LogP contribution in [0.2, 0.25) is 0 Å². The van der Waals surface area contributed by atoms with Gasteiger partial charge in [0.15, 0.2) is 0 Å². The zero-order chi connectivity index (χ0) is 29.2. The van der Waals surface area contributed by atoms with Crippen molar-refractivity contribution in [2.24, 2.45) is 0 Å². The van der Waals surface area contributed by atoms with E-state index >= 15 is 0 Å². The predicted octanol–water partition coefficient (Wildman–Crippen LogP) is 6.65. The van der Waals surface area contributed by atoms with Gasteiger partial charge in [-0.05, 0) is 71.6 Å². The summed E-state index contributed by atoms with van der Waals surface area (Å²) in [4.78, 5) is 21.1. The molecule has 0 aliphatic carbocycles. The van der Waals surface area contributed by atoms with Crippen LogP contribution in [0.15, 0.2) is 89.6 Å². The highest BCUT2D eigenvalue weighted by atomic mass is 19.1. The third-order valence-electron chi connectivity index (χ3n) is 6.89. The van der Waals surface area contributed by atoms with Crippen LogP contribution in [0.4, 0.5) is 13.2 Å². The van der Waals surface area contributed by atoms with Crippen molar-refractivity contribution in [2.75, 3.05) is 0 Å². The number of hydrogen-bond donors (Lipinski definition) is 2. The van der Waals surface area contributed by atoms with Gasteiger partial charge < -0.3 is 14.7 Å². The molecular weight excluding hydrogens is 543 g/mol. The molecule has 0 aliphatic rings. The van der Waals surface area contributed by atoms with E-state index in [4.69, 9.17) is 4.42 Å². The third-order valence-corrected chi connectivity index (χ3v) is 6.89. The Bertz CT molecular complexity index is 1900. The molecule has 0 bridgehead atoms. The molecule has 0 radical (unpaired) electrons. The lowest BCUT2D eigenvalue weighted by atomic mass is 9.94. The number of pyridine rings is 1. The molecule has 6 aromatic rings. The second-order valence-electron chi connectivity index (χ2n) is 9.93. The molecule has 0 saturated heterocycles. The number of aryl methyl sites for hydroxylation is 1. The summed E-state index contributed by atoms with van der Waals surface area (Å²) >= 11 is 0. The molecule has 1 atom stereocenters. The average Bonchev–Trinajstić information content (AvgIpc) is 3.58. The number of halogens is 3. The number of benzene rings is 3. The van der Waals surface area contributed by atoms with E-state index in [-0.39, 0.29) is 18.7 Å². The highest BCUT2D eigenvalue weighted by Gasteiger charge is 2.23. The van der Waals surface area contributed by atoms with Crippen molar-refractivity contribution in [1.82, 2.24) is 25.5 Å². The fraction of sp³-hybridized carbons (Fsp3) is 0.125. The van der Waals surface area contributed by atoms with Gasteiger partial charge in [-0.2, -0.15) is 0 Å². The lowest BCUT2D eigenvalue weighted by Crippen LogP contribution is -2.32. The first-order chi connectivity index (χ1) is 20.3. The van der Waals surface area contributed by atoms with Crippen molar-refractivity contribution in [2.45, 2.75) is 25.8 Å². The van der Waals surface area contributed by atoms with Gasteiger partial charge in [-0.3, -0.25) is 9.78 Å². The Kier molecular flexibility index (Phi) is 7.26. The minimum atomic E-state index is -0.758. The van der Waals surface area contributed by atoms with Gasteiger partial charge >= 0.3 is 0 Å². The molecule has 3 aromatic heterocycles. The summed E-state index contributed by atoms with van der Waals surface area (Å²) < 4.78 is 47.8. The van der Waals surface area contributed by atoms with Gasteiger partial charge in [0.2, 0.25) is 17.7 Å². The van der Waals surface area contributed by atoms with Gasteiger partial charge in [-0.15, -0.1) is 10.2 Å². The fourth-order valence-electron chi connectivity index (χ4n) is 5.07. The number of amides is 1. The Morgan fingerprint density at radius 2 is 1.74 bits per heavy atom. The average molecular weight is 568 g/mol. The van der Waals surface area contributed by atoms with Crippen LogP contribution in [-0.2, 0) is 17.6 Å². The van der Waals surface area contributed by atoms with Gasteiger partial charge in [0.1, 0.15) is 17.5 Å². The van der Waals surface area contributed by atoms with Crippen LogP contribution in [0.1, 0.15) is 28.8 Å². The lowest BCUT2D eigenvalue weighted by molar-refractivity contribution is -0.121. The number of carbonyl (C=O) groups is 1. The normalized spacial score (nSPS) is 12.0. The molecule has 1 amide bonds. The highest BCUT2D eigenvalue weighted by Crippen LogP contribution is 2.32. The number of nitrogens with zero attached hydrogens (tertiary/aromatic N) is 3. The van der Waals surface area contributed by atoms with E-state index in [0.29, 0.717) is 50.6 Å². The minimum absolute atomic E-state index is 0.0500. The Morgan fingerprint density at radius 3 is 2.52 bits per heavy atom. The summed E-state index contributed by atoms with van der Waals surface area (Å²) in [5.41, 5.74) is 4.33. The maximum atomic E-state index is 14.1. The maximum absolute atomic E-state index is 14.1. The maximum Gasteiger partial charge on any atom is 0.247 e. The fourth-order valence-corrected chi connectivity index (χ4v) is 5.07.